The van der Waals surface area contributed by atoms with E-state index in [0.29, 0.717) is 12.0 Å². The number of hydrogen-bond donors (Lipinski definition) is 0. The molecule has 4 rings (SSSR count). The summed E-state index contributed by atoms with van der Waals surface area (Å²) in [6, 6.07) is 6.59. The summed E-state index contributed by atoms with van der Waals surface area (Å²) >= 11 is 6.00. The molecule has 1 fully saturated rings. The van der Waals surface area contributed by atoms with E-state index in [0.717, 1.165) is 17.3 Å². The third kappa shape index (κ3) is 1.05. The average Bonchev–Trinajstić information content (AvgIpc) is 2.87. The highest BCUT2D eigenvalue weighted by Gasteiger charge is 2.40. The Kier molecular flexibility index (Phi) is 1.59. The number of aliphatic imine (C=N–C) groups is 1. The Hall–Kier alpha value is -1.28. The Labute approximate surface area is 99.2 Å². The number of amidine groups is 1. The van der Waals surface area contributed by atoms with Gasteiger partial charge in [0.25, 0.3) is 0 Å². The maximum atomic E-state index is 6.00. The summed E-state index contributed by atoms with van der Waals surface area (Å²) < 4.78 is 0. The van der Waals surface area contributed by atoms with E-state index >= 15 is 0 Å². The molecule has 2 bridgehead atoms. The lowest BCUT2D eigenvalue weighted by atomic mass is 10.1. The van der Waals surface area contributed by atoms with Gasteiger partial charge in [0.1, 0.15) is 5.84 Å². The topological polar surface area (TPSA) is 15.6 Å². The van der Waals surface area contributed by atoms with E-state index in [1.165, 1.54) is 17.8 Å². The van der Waals surface area contributed by atoms with Crippen molar-refractivity contribution in [3.05, 3.63) is 40.9 Å². The van der Waals surface area contributed by atoms with Crippen LogP contribution in [0.2, 0.25) is 5.02 Å². The first-order valence-corrected chi connectivity index (χ1v) is 6.01. The van der Waals surface area contributed by atoms with Crippen LogP contribution >= 0.6 is 11.6 Å². The standard InChI is InChI=1S/C13H11ClN2/c14-10-3-1-9-7-16-11-4-2-8(5-11)13(16)15-12(9)6-10/h1-4,6,8,11H,5,7H2. The van der Waals surface area contributed by atoms with Gasteiger partial charge in [0.15, 0.2) is 0 Å². The summed E-state index contributed by atoms with van der Waals surface area (Å²) in [6.45, 7) is 0.983. The van der Waals surface area contributed by atoms with Gasteiger partial charge in [-0.1, -0.05) is 29.8 Å². The molecule has 0 spiro atoms. The molecule has 0 amide bonds. The first-order valence-electron chi connectivity index (χ1n) is 5.63. The van der Waals surface area contributed by atoms with Crippen LogP contribution in [0.15, 0.2) is 35.3 Å². The SMILES string of the molecule is Clc1ccc2c(c1)N=C1C3C=CC(C3)N1C2. The minimum atomic E-state index is 0.539. The number of benzene rings is 1. The molecule has 2 unspecified atom stereocenters. The molecule has 2 aliphatic heterocycles. The zero-order chi connectivity index (χ0) is 10.7. The Bertz CT molecular complexity index is 533. The van der Waals surface area contributed by atoms with E-state index in [2.05, 4.69) is 23.1 Å². The molecule has 1 aliphatic carbocycles. The summed E-state index contributed by atoms with van der Waals surface area (Å²) in [5, 5.41) is 0.773. The molecule has 3 heteroatoms. The Morgan fingerprint density at radius 1 is 1.31 bits per heavy atom. The molecule has 0 radical (unpaired) electrons. The summed E-state index contributed by atoms with van der Waals surface area (Å²) in [7, 11) is 0. The molecule has 0 saturated carbocycles. The van der Waals surface area contributed by atoms with Gasteiger partial charge < -0.3 is 4.90 Å². The molecule has 2 atom stereocenters. The number of hydrogen-bond acceptors (Lipinski definition) is 2. The minimum Gasteiger partial charge on any atom is -0.349 e. The van der Waals surface area contributed by atoms with Crippen molar-refractivity contribution in [3.8, 4) is 0 Å². The molecule has 0 N–H and O–H groups in total. The van der Waals surface area contributed by atoms with E-state index in [1.54, 1.807) is 0 Å². The molecule has 0 aromatic heterocycles. The van der Waals surface area contributed by atoms with Gasteiger partial charge in [0.05, 0.1) is 5.69 Å². The molecule has 2 heterocycles. The van der Waals surface area contributed by atoms with Gasteiger partial charge in [-0.05, 0) is 24.1 Å². The Morgan fingerprint density at radius 3 is 3.19 bits per heavy atom. The molecule has 1 aromatic carbocycles. The van der Waals surface area contributed by atoms with Crippen molar-refractivity contribution in [2.45, 2.75) is 19.0 Å². The van der Waals surface area contributed by atoms with E-state index < -0.39 is 0 Å². The maximum Gasteiger partial charge on any atom is 0.113 e. The van der Waals surface area contributed by atoms with E-state index in [9.17, 15) is 0 Å². The third-order valence-electron chi connectivity index (χ3n) is 3.71. The van der Waals surface area contributed by atoms with Gasteiger partial charge in [0.2, 0.25) is 0 Å². The van der Waals surface area contributed by atoms with Gasteiger partial charge in [-0.3, -0.25) is 0 Å². The van der Waals surface area contributed by atoms with E-state index in [4.69, 9.17) is 16.6 Å². The quantitative estimate of drug-likeness (QED) is 0.626. The highest BCUT2D eigenvalue weighted by Crippen LogP contribution is 2.40. The summed E-state index contributed by atoms with van der Waals surface area (Å²) in [4.78, 5) is 7.18. The molecule has 3 aliphatic rings. The van der Waals surface area contributed by atoms with Crippen molar-refractivity contribution in [2.24, 2.45) is 10.9 Å². The molecular weight excluding hydrogens is 220 g/mol. The zero-order valence-electron chi connectivity index (χ0n) is 8.73. The van der Waals surface area contributed by atoms with Crippen LogP contribution in [-0.2, 0) is 6.54 Å². The predicted octanol–water partition coefficient (Wildman–Crippen LogP) is 3.14. The fourth-order valence-electron chi connectivity index (χ4n) is 2.91. The zero-order valence-corrected chi connectivity index (χ0v) is 9.48. The van der Waals surface area contributed by atoms with Crippen LogP contribution in [0.1, 0.15) is 12.0 Å². The number of halogens is 1. The largest absolute Gasteiger partial charge is 0.349 e. The van der Waals surface area contributed by atoms with Crippen LogP contribution in [0.3, 0.4) is 0 Å². The van der Waals surface area contributed by atoms with Gasteiger partial charge in [-0.25, -0.2) is 4.99 Å². The lowest BCUT2D eigenvalue weighted by Crippen LogP contribution is -2.36. The van der Waals surface area contributed by atoms with Crippen LogP contribution in [0.25, 0.3) is 0 Å². The highest BCUT2D eigenvalue weighted by atomic mass is 35.5. The second-order valence-corrected chi connectivity index (χ2v) is 5.10. The average molecular weight is 231 g/mol. The fourth-order valence-corrected chi connectivity index (χ4v) is 3.08. The Balaban J connectivity index is 1.87. The number of fused-ring (bicyclic) bond motifs is 6. The van der Waals surface area contributed by atoms with Crippen LogP contribution in [0.4, 0.5) is 5.69 Å². The highest BCUT2D eigenvalue weighted by molar-refractivity contribution is 6.30. The lowest BCUT2D eigenvalue weighted by Gasteiger charge is -2.31. The van der Waals surface area contributed by atoms with Crippen LogP contribution < -0.4 is 0 Å². The fraction of sp³-hybridized carbons (Fsp3) is 0.308. The van der Waals surface area contributed by atoms with Crippen molar-refractivity contribution in [3.63, 3.8) is 0 Å². The molecule has 16 heavy (non-hydrogen) atoms. The molecular formula is C13H11ClN2. The normalized spacial score (nSPS) is 29.1. The molecule has 1 aromatic rings. The monoisotopic (exact) mass is 230 g/mol. The first kappa shape index (κ1) is 8.82. The van der Waals surface area contributed by atoms with Crippen molar-refractivity contribution in [1.29, 1.82) is 0 Å². The molecule has 1 saturated heterocycles. The van der Waals surface area contributed by atoms with Crippen LogP contribution in [0.5, 0.6) is 0 Å². The van der Waals surface area contributed by atoms with Crippen molar-refractivity contribution >= 4 is 23.1 Å². The van der Waals surface area contributed by atoms with Gasteiger partial charge in [-0.15, -0.1) is 0 Å². The van der Waals surface area contributed by atoms with Gasteiger partial charge in [-0.2, -0.15) is 0 Å². The molecule has 80 valence electrons. The maximum absolute atomic E-state index is 6.00. The van der Waals surface area contributed by atoms with Gasteiger partial charge in [0, 0.05) is 23.5 Å². The first-order chi connectivity index (χ1) is 7.81. The lowest BCUT2D eigenvalue weighted by molar-refractivity contribution is 0.378. The predicted molar refractivity (Wildman–Crippen MR) is 65.1 cm³/mol. The number of rotatable bonds is 0. The van der Waals surface area contributed by atoms with E-state index in [1.807, 2.05) is 12.1 Å². The van der Waals surface area contributed by atoms with E-state index in [-0.39, 0.29) is 0 Å². The van der Waals surface area contributed by atoms with Crippen LogP contribution in [-0.4, -0.2) is 16.8 Å². The second kappa shape index (κ2) is 2.89. The molecule has 2 nitrogen and oxygen atoms in total. The van der Waals surface area contributed by atoms with Crippen LogP contribution in [0, 0.1) is 5.92 Å². The third-order valence-corrected chi connectivity index (χ3v) is 3.95. The minimum absolute atomic E-state index is 0.539. The van der Waals surface area contributed by atoms with Gasteiger partial charge >= 0.3 is 0 Å². The summed E-state index contributed by atoms with van der Waals surface area (Å²) in [5.74, 6) is 1.78. The Morgan fingerprint density at radius 2 is 2.25 bits per heavy atom. The number of nitrogens with zero attached hydrogens (tertiary/aromatic N) is 2. The van der Waals surface area contributed by atoms with Crippen molar-refractivity contribution in [1.82, 2.24) is 4.90 Å². The smallest absolute Gasteiger partial charge is 0.113 e. The van der Waals surface area contributed by atoms with Crippen molar-refractivity contribution in [2.75, 3.05) is 0 Å². The second-order valence-electron chi connectivity index (χ2n) is 4.67. The van der Waals surface area contributed by atoms with Crippen molar-refractivity contribution < 1.29 is 0 Å². The summed E-state index contributed by atoms with van der Waals surface area (Å²) in [6.07, 6.45) is 5.81. The summed E-state index contributed by atoms with van der Waals surface area (Å²) in [5.41, 5.74) is 2.34.